The third-order valence-electron chi connectivity index (χ3n) is 7.50. The van der Waals surface area contributed by atoms with Crippen LogP contribution in [0.15, 0.2) is 42.5 Å². The van der Waals surface area contributed by atoms with Crippen molar-refractivity contribution in [1.29, 1.82) is 0 Å². The third-order valence-corrected chi connectivity index (χ3v) is 8.69. The van der Waals surface area contributed by atoms with Gasteiger partial charge in [0.05, 0.1) is 19.1 Å². The SMILES string of the molecule is CCC(C(=O)NC1CCCCC1)N(Cc1ccc(OC)cc1)C(=O)CCCN(c1cc(C)cc(C)c1)S(C)(=O)=O. The van der Waals surface area contributed by atoms with E-state index in [1.807, 2.05) is 63.2 Å². The van der Waals surface area contributed by atoms with Gasteiger partial charge in [-0.05, 0) is 80.5 Å². The summed E-state index contributed by atoms with van der Waals surface area (Å²) >= 11 is 0. The Morgan fingerprint density at radius 1 is 1.02 bits per heavy atom. The van der Waals surface area contributed by atoms with Gasteiger partial charge < -0.3 is 15.0 Å². The number of carbonyl (C=O) groups is 2. The van der Waals surface area contributed by atoms with Crippen LogP contribution >= 0.6 is 0 Å². The summed E-state index contributed by atoms with van der Waals surface area (Å²) in [7, 11) is -1.94. The van der Waals surface area contributed by atoms with E-state index in [9.17, 15) is 18.0 Å². The minimum absolute atomic E-state index is 0.121. The van der Waals surface area contributed by atoms with Crippen LogP contribution in [0, 0.1) is 13.8 Å². The van der Waals surface area contributed by atoms with E-state index in [0.717, 1.165) is 48.1 Å². The van der Waals surface area contributed by atoms with Gasteiger partial charge in [-0.2, -0.15) is 0 Å². The van der Waals surface area contributed by atoms with E-state index in [4.69, 9.17) is 4.74 Å². The first-order valence-corrected chi connectivity index (χ1v) is 16.2. The van der Waals surface area contributed by atoms with Crippen molar-refractivity contribution < 1.29 is 22.7 Å². The molecule has 0 bridgehead atoms. The number of methoxy groups -OCH3 is 1. The molecule has 220 valence electrons. The van der Waals surface area contributed by atoms with Gasteiger partial charge in [-0.1, -0.05) is 44.4 Å². The van der Waals surface area contributed by atoms with Crippen LogP contribution < -0.4 is 14.4 Å². The highest BCUT2D eigenvalue weighted by Crippen LogP contribution is 2.23. The number of nitrogens with one attached hydrogen (secondary N) is 1. The molecule has 9 heteroatoms. The summed E-state index contributed by atoms with van der Waals surface area (Å²) in [5.74, 6) is 0.426. The molecule has 40 heavy (non-hydrogen) atoms. The van der Waals surface area contributed by atoms with Crippen LogP contribution in [-0.2, 0) is 26.2 Å². The molecule has 1 unspecified atom stereocenters. The topological polar surface area (TPSA) is 96.0 Å². The molecule has 0 aromatic heterocycles. The number of ether oxygens (including phenoxy) is 1. The normalized spacial score (nSPS) is 14.8. The maximum Gasteiger partial charge on any atom is 0.243 e. The fourth-order valence-electron chi connectivity index (χ4n) is 5.49. The fraction of sp³-hybridized carbons (Fsp3) is 0.548. The molecule has 0 aliphatic heterocycles. The van der Waals surface area contributed by atoms with Crippen LogP contribution in [0.1, 0.15) is 75.0 Å². The Kier molecular flexibility index (Phi) is 11.4. The van der Waals surface area contributed by atoms with Gasteiger partial charge in [-0.25, -0.2) is 8.42 Å². The van der Waals surface area contributed by atoms with Crippen molar-refractivity contribution in [2.75, 3.05) is 24.2 Å². The number of nitrogens with zero attached hydrogens (tertiary/aromatic N) is 2. The Morgan fingerprint density at radius 3 is 2.20 bits per heavy atom. The Morgan fingerprint density at radius 2 is 1.65 bits per heavy atom. The maximum absolute atomic E-state index is 13.7. The van der Waals surface area contributed by atoms with Crippen molar-refractivity contribution in [3.63, 3.8) is 0 Å². The Balaban J connectivity index is 1.77. The monoisotopic (exact) mass is 571 g/mol. The summed E-state index contributed by atoms with van der Waals surface area (Å²) in [6, 6.07) is 12.7. The van der Waals surface area contributed by atoms with Crippen LogP contribution in [0.2, 0.25) is 0 Å². The van der Waals surface area contributed by atoms with Gasteiger partial charge >= 0.3 is 0 Å². The standard InChI is InChI=1S/C31H45N3O5S/c1-6-29(31(36)32-26-11-8-7-9-12-26)33(22-25-14-16-28(39-4)17-15-25)30(35)13-10-18-34(40(5,37)38)27-20-23(2)19-24(3)21-27/h14-17,19-21,26,29H,6-13,18,22H2,1-5H3,(H,32,36). The molecular formula is C31H45N3O5S. The predicted octanol–water partition coefficient (Wildman–Crippen LogP) is 5.11. The lowest BCUT2D eigenvalue weighted by Crippen LogP contribution is -2.51. The number of anilines is 1. The molecule has 1 atom stereocenters. The summed E-state index contributed by atoms with van der Waals surface area (Å²) in [6.07, 6.45) is 7.46. The first kappa shape index (κ1) is 31.5. The lowest BCUT2D eigenvalue weighted by molar-refractivity contribution is -0.141. The van der Waals surface area contributed by atoms with Crippen molar-refractivity contribution in [3.8, 4) is 5.75 Å². The lowest BCUT2D eigenvalue weighted by atomic mass is 9.95. The molecule has 1 saturated carbocycles. The number of benzene rings is 2. The summed E-state index contributed by atoms with van der Waals surface area (Å²) in [4.78, 5) is 28.8. The van der Waals surface area contributed by atoms with Gasteiger partial charge in [-0.15, -0.1) is 0 Å². The zero-order valence-electron chi connectivity index (χ0n) is 24.6. The van der Waals surface area contributed by atoms with E-state index in [2.05, 4.69) is 5.32 Å². The number of carbonyl (C=O) groups excluding carboxylic acids is 2. The van der Waals surface area contributed by atoms with Crippen molar-refractivity contribution in [1.82, 2.24) is 10.2 Å². The minimum atomic E-state index is -3.54. The van der Waals surface area contributed by atoms with E-state index >= 15 is 0 Å². The highest BCUT2D eigenvalue weighted by atomic mass is 32.2. The fourth-order valence-corrected chi connectivity index (χ4v) is 6.44. The first-order chi connectivity index (χ1) is 19.0. The summed E-state index contributed by atoms with van der Waals surface area (Å²) in [6.45, 7) is 6.24. The molecule has 2 amide bonds. The van der Waals surface area contributed by atoms with Crippen LogP contribution in [0.5, 0.6) is 5.75 Å². The Hall–Kier alpha value is -3.07. The highest BCUT2D eigenvalue weighted by Gasteiger charge is 2.30. The largest absolute Gasteiger partial charge is 0.497 e. The van der Waals surface area contributed by atoms with E-state index < -0.39 is 16.1 Å². The third kappa shape index (κ3) is 8.98. The average molecular weight is 572 g/mol. The summed E-state index contributed by atoms with van der Waals surface area (Å²) in [5.41, 5.74) is 3.44. The van der Waals surface area contributed by atoms with Gasteiger partial charge in [0.2, 0.25) is 21.8 Å². The molecule has 3 rings (SSSR count). The van der Waals surface area contributed by atoms with Crippen LogP contribution in [0.25, 0.3) is 0 Å². The number of sulfonamides is 1. The maximum atomic E-state index is 13.7. The van der Waals surface area contributed by atoms with Crippen molar-refractivity contribution in [2.24, 2.45) is 0 Å². The second-order valence-electron chi connectivity index (χ2n) is 10.9. The van der Waals surface area contributed by atoms with E-state index in [1.165, 1.54) is 17.0 Å². The van der Waals surface area contributed by atoms with Gasteiger partial charge in [0.15, 0.2) is 0 Å². The molecule has 1 N–H and O–H groups in total. The van der Waals surface area contributed by atoms with Gasteiger partial charge in [0.25, 0.3) is 0 Å². The van der Waals surface area contributed by atoms with Crippen LogP contribution in [0.4, 0.5) is 5.69 Å². The van der Waals surface area contributed by atoms with Crippen LogP contribution in [0.3, 0.4) is 0 Å². The molecule has 1 fully saturated rings. The molecule has 2 aromatic carbocycles. The summed E-state index contributed by atoms with van der Waals surface area (Å²) < 4.78 is 31.9. The molecule has 0 spiro atoms. The van der Waals surface area contributed by atoms with Gasteiger partial charge in [0, 0.05) is 25.6 Å². The molecule has 0 heterocycles. The highest BCUT2D eigenvalue weighted by molar-refractivity contribution is 7.92. The Labute approximate surface area is 240 Å². The minimum Gasteiger partial charge on any atom is -0.497 e. The molecule has 2 aromatic rings. The van der Waals surface area contributed by atoms with E-state index in [-0.39, 0.29) is 37.4 Å². The molecule has 0 radical (unpaired) electrons. The zero-order chi connectivity index (χ0) is 29.3. The predicted molar refractivity (Wildman–Crippen MR) is 160 cm³/mol. The smallest absolute Gasteiger partial charge is 0.243 e. The van der Waals surface area contributed by atoms with Crippen molar-refractivity contribution in [2.45, 2.75) is 90.8 Å². The molecule has 1 aliphatic rings. The van der Waals surface area contributed by atoms with Gasteiger partial charge in [-0.3, -0.25) is 13.9 Å². The molecule has 0 saturated heterocycles. The molecule has 1 aliphatic carbocycles. The molecule has 8 nitrogen and oxygen atoms in total. The number of amides is 2. The quantitative estimate of drug-likeness (QED) is 0.360. The Bertz CT molecular complexity index is 1220. The second-order valence-corrected chi connectivity index (χ2v) is 12.8. The first-order valence-electron chi connectivity index (χ1n) is 14.3. The number of aryl methyl sites for hydroxylation is 2. The number of rotatable bonds is 13. The number of hydrogen-bond donors (Lipinski definition) is 1. The van der Waals surface area contributed by atoms with Crippen molar-refractivity contribution in [3.05, 3.63) is 59.2 Å². The second kappa shape index (κ2) is 14.5. The lowest BCUT2D eigenvalue weighted by Gasteiger charge is -2.33. The van der Waals surface area contributed by atoms with E-state index in [1.54, 1.807) is 12.0 Å². The summed E-state index contributed by atoms with van der Waals surface area (Å²) in [5, 5.41) is 3.20. The average Bonchev–Trinajstić information content (AvgIpc) is 2.90. The van der Waals surface area contributed by atoms with E-state index in [0.29, 0.717) is 18.5 Å². The van der Waals surface area contributed by atoms with Crippen molar-refractivity contribution >= 4 is 27.5 Å². The van der Waals surface area contributed by atoms with Gasteiger partial charge in [0.1, 0.15) is 11.8 Å². The van der Waals surface area contributed by atoms with Crippen LogP contribution in [-0.4, -0.2) is 57.1 Å². The molecular weight excluding hydrogens is 526 g/mol. The zero-order valence-corrected chi connectivity index (χ0v) is 25.4. The number of hydrogen-bond acceptors (Lipinski definition) is 5.